The van der Waals surface area contributed by atoms with E-state index >= 15 is 0 Å². The van der Waals surface area contributed by atoms with Crippen molar-refractivity contribution in [1.82, 2.24) is 9.80 Å². The lowest BCUT2D eigenvalue weighted by atomic mass is 9.79. The minimum atomic E-state index is -0.102. The van der Waals surface area contributed by atoms with Gasteiger partial charge in [-0.25, -0.2) is 0 Å². The van der Waals surface area contributed by atoms with Gasteiger partial charge in [-0.2, -0.15) is 0 Å². The van der Waals surface area contributed by atoms with E-state index in [9.17, 15) is 4.79 Å². The summed E-state index contributed by atoms with van der Waals surface area (Å²) in [5, 5.41) is 0. The van der Waals surface area contributed by atoms with Gasteiger partial charge in [-0.15, -0.1) is 0 Å². The first kappa shape index (κ1) is 17.7. The van der Waals surface area contributed by atoms with Crippen molar-refractivity contribution in [2.24, 2.45) is 11.8 Å². The van der Waals surface area contributed by atoms with Gasteiger partial charge in [0.2, 0.25) is 0 Å². The lowest BCUT2D eigenvalue weighted by Crippen LogP contribution is -2.40. The SMILES string of the molecule is COCCOC(=O)CCN1CCC(C2CCN(C)CC2)CC1. The first-order valence-electron chi connectivity index (χ1n) is 8.74. The van der Waals surface area contributed by atoms with Gasteiger partial charge in [0.1, 0.15) is 6.61 Å². The minimum Gasteiger partial charge on any atom is -0.463 e. The molecule has 0 radical (unpaired) electrons. The van der Waals surface area contributed by atoms with Crippen LogP contribution in [0.2, 0.25) is 0 Å². The summed E-state index contributed by atoms with van der Waals surface area (Å²) < 4.78 is 9.98. The fraction of sp³-hybridized carbons (Fsp3) is 0.941. The highest BCUT2D eigenvalue weighted by Gasteiger charge is 2.28. The second-order valence-electron chi connectivity index (χ2n) is 6.78. The van der Waals surface area contributed by atoms with Crippen LogP contribution < -0.4 is 0 Å². The molecule has 0 N–H and O–H groups in total. The van der Waals surface area contributed by atoms with Gasteiger partial charge >= 0.3 is 5.97 Å². The van der Waals surface area contributed by atoms with Crippen LogP contribution in [0.15, 0.2) is 0 Å². The van der Waals surface area contributed by atoms with E-state index in [0.29, 0.717) is 19.6 Å². The number of hydrogen-bond donors (Lipinski definition) is 0. The summed E-state index contributed by atoms with van der Waals surface area (Å²) in [6.07, 6.45) is 5.84. The Morgan fingerprint density at radius 1 is 1.00 bits per heavy atom. The van der Waals surface area contributed by atoms with Gasteiger partial charge in [0.25, 0.3) is 0 Å². The molecule has 2 aliphatic rings. The summed E-state index contributed by atoms with van der Waals surface area (Å²) >= 11 is 0. The highest BCUT2D eigenvalue weighted by molar-refractivity contribution is 5.69. The predicted molar refractivity (Wildman–Crippen MR) is 86.8 cm³/mol. The summed E-state index contributed by atoms with van der Waals surface area (Å²) in [5.74, 6) is 1.73. The summed E-state index contributed by atoms with van der Waals surface area (Å²) in [6, 6.07) is 0. The van der Waals surface area contributed by atoms with Crippen LogP contribution in [0.25, 0.3) is 0 Å². The molecule has 0 spiro atoms. The highest BCUT2D eigenvalue weighted by Crippen LogP contribution is 2.32. The largest absolute Gasteiger partial charge is 0.463 e. The van der Waals surface area contributed by atoms with Crippen LogP contribution in [-0.2, 0) is 14.3 Å². The molecule has 0 unspecified atom stereocenters. The summed E-state index contributed by atoms with van der Waals surface area (Å²) in [4.78, 5) is 16.5. The molecule has 5 nitrogen and oxygen atoms in total. The molecular formula is C17H32N2O3. The monoisotopic (exact) mass is 312 g/mol. The zero-order valence-corrected chi connectivity index (χ0v) is 14.3. The molecule has 2 aliphatic heterocycles. The summed E-state index contributed by atoms with van der Waals surface area (Å²) in [7, 11) is 3.84. The molecule has 22 heavy (non-hydrogen) atoms. The quantitative estimate of drug-likeness (QED) is 0.528. The Morgan fingerprint density at radius 2 is 1.59 bits per heavy atom. The smallest absolute Gasteiger partial charge is 0.307 e. The number of hydrogen-bond acceptors (Lipinski definition) is 5. The minimum absolute atomic E-state index is 0.102. The van der Waals surface area contributed by atoms with Crippen LogP contribution in [0.3, 0.4) is 0 Å². The van der Waals surface area contributed by atoms with Crippen LogP contribution in [0.4, 0.5) is 0 Å². The number of likely N-dealkylation sites (tertiary alicyclic amines) is 2. The number of esters is 1. The average Bonchev–Trinajstić information content (AvgIpc) is 2.54. The van der Waals surface area contributed by atoms with Crippen molar-refractivity contribution in [3.05, 3.63) is 0 Å². The van der Waals surface area contributed by atoms with Crippen molar-refractivity contribution in [1.29, 1.82) is 0 Å². The maximum atomic E-state index is 11.6. The molecule has 0 aromatic heterocycles. The molecule has 0 aromatic carbocycles. The molecule has 0 amide bonds. The summed E-state index contributed by atoms with van der Waals surface area (Å²) in [6.45, 7) is 6.49. The Hall–Kier alpha value is -0.650. The second-order valence-corrected chi connectivity index (χ2v) is 6.78. The number of piperidine rings is 2. The van der Waals surface area contributed by atoms with Crippen LogP contribution in [-0.4, -0.2) is 75.9 Å². The van der Waals surface area contributed by atoms with Crippen molar-refractivity contribution in [3.8, 4) is 0 Å². The zero-order valence-electron chi connectivity index (χ0n) is 14.3. The topological polar surface area (TPSA) is 42.0 Å². The Morgan fingerprint density at radius 3 is 2.18 bits per heavy atom. The molecule has 0 aliphatic carbocycles. The van der Waals surface area contributed by atoms with Crippen molar-refractivity contribution in [3.63, 3.8) is 0 Å². The molecule has 0 bridgehead atoms. The number of nitrogens with zero attached hydrogens (tertiary/aromatic N) is 2. The number of carbonyl (C=O) groups excluding carboxylic acids is 1. The Balaban J connectivity index is 1.58. The van der Waals surface area contributed by atoms with Crippen LogP contribution in [0, 0.1) is 11.8 Å². The van der Waals surface area contributed by atoms with Gasteiger partial charge in [-0.05, 0) is 70.7 Å². The second kappa shape index (κ2) is 9.48. The van der Waals surface area contributed by atoms with Crippen LogP contribution in [0.1, 0.15) is 32.1 Å². The normalized spacial score (nSPS) is 22.8. The van der Waals surface area contributed by atoms with Gasteiger partial charge in [0.15, 0.2) is 0 Å². The highest BCUT2D eigenvalue weighted by atomic mass is 16.6. The predicted octanol–water partition coefficient (Wildman–Crippen LogP) is 1.62. The van der Waals surface area contributed by atoms with E-state index < -0.39 is 0 Å². The maximum Gasteiger partial charge on any atom is 0.307 e. The standard InChI is InChI=1S/C17H32N2O3/c1-18-8-3-15(4-9-18)16-5-10-19(11-6-16)12-7-17(20)22-14-13-21-2/h15-16H,3-14H2,1-2H3. The first-order chi connectivity index (χ1) is 10.7. The summed E-state index contributed by atoms with van der Waals surface area (Å²) in [5.41, 5.74) is 0. The van der Waals surface area contributed by atoms with Gasteiger partial charge in [-0.3, -0.25) is 4.79 Å². The van der Waals surface area contributed by atoms with Crippen LogP contribution >= 0.6 is 0 Å². The van der Waals surface area contributed by atoms with E-state index in [0.717, 1.165) is 31.5 Å². The Labute approximate surface area is 134 Å². The van der Waals surface area contributed by atoms with Crippen molar-refractivity contribution in [2.45, 2.75) is 32.1 Å². The van der Waals surface area contributed by atoms with Gasteiger partial charge in [0.05, 0.1) is 13.0 Å². The number of ether oxygens (including phenoxy) is 2. The first-order valence-corrected chi connectivity index (χ1v) is 8.74. The van der Waals surface area contributed by atoms with Crippen molar-refractivity contribution < 1.29 is 14.3 Å². The molecule has 0 atom stereocenters. The zero-order chi connectivity index (χ0) is 15.8. The van der Waals surface area contributed by atoms with E-state index in [2.05, 4.69) is 16.8 Å². The van der Waals surface area contributed by atoms with Gasteiger partial charge in [-0.1, -0.05) is 0 Å². The third kappa shape index (κ3) is 5.86. The molecule has 2 fully saturated rings. The van der Waals surface area contributed by atoms with Crippen molar-refractivity contribution in [2.75, 3.05) is 60.1 Å². The number of rotatable bonds is 7. The lowest BCUT2D eigenvalue weighted by Gasteiger charge is -2.39. The third-order valence-electron chi connectivity index (χ3n) is 5.24. The van der Waals surface area contributed by atoms with E-state index in [1.807, 2.05) is 0 Å². The molecular weight excluding hydrogens is 280 g/mol. The van der Waals surface area contributed by atoms with Crippen LogP contribution in [0.5, 0.6) is 0 Å². The maximum absolute atomic E-state index is 11.6. The lowest BCUT2D eigenvalue weighted by molar-refractivity contribution is -0.145. The average molecular weight is 312 g/mol. The van der Waals surface area contributed by atoms with Gasteiger partial charge in [0, 0.05) is 13.7 Å². The fourth-order valence-electron chi connectivity index (χ4n) is 3.71. The molecule has 5 heteroatoms. The molecule has 0 saturated carbocycles. The molecule has 2 saturated heterocycles. The van der Waals surface area contributed by atoms with E-state index in [1.165, 1.54) is 38.8 Å². The Bertz CT molecular complexity index is 322. The van der Waals surface area contributed by atoms with Gasteiger partial charge < -0.3 is 19.3 Å². The molecule has 128 valence electrons. The Kier molecular flexibility index (Phi) is 7.63. The van der Waals surface area contributed by atoms with Crippen molar-refractivity contribution >= 4 is 5.97 Å². The number of methoxy groups -OCH3 is 1. The fourth-order valence-corrected chi connectivity index (χ4v) is 3.71. The molecule has 2 heterocycles. The van der Waals surface area contributed by atoms with E-state index in [1.54, 1.807) is 7.11 Å². The molecule has 2 rings (SSSR count). The third-order valence-corrected chi connectivity index (χ3v) is 5.24. The molecule has 0 aromatic rings. The van der Waals surface area contributed by atoms with E-state index in [4.69, 9.17) is 9.47 Å². The van der Waals surface area contributed by atoms with E-state index in [-0.39, 0.29) is 5.97 Å². The number of carbonyl (C=O) groups is 1.